The number of fused-ring (bicyclic) bond motifs is 1. The molecule has 0 aliphatic carbocycles. The molecular formula is C18H16ClNO4S. The van der Waals surface area contributed by atoms with E-state index < -0.39 is 6.29 Å². The Balaban J connectivity index is 1.67. The van der Waals surface area contributed by atoms with E-state index in [1.165, 1.54) is 11.3 Å². The fourth-order valence-electron chi connectivity index (χ4n) is 2.56. The van der Waals surface area contributed by atoms with Gasteiger partial charge in [-0.3, -0.25) is 4.79 Å². The zero-order valence-electron chi connectivity index (χ0n) is 13.1. The van der Waals surface area contributed by atoms with Crippen molar-refractivity contribution in [1.82, 2.24) is 0 Å². The van der Waals surface area contributed by atoms with Gasteiger partial charge in [-0.15, -0.1) is 11.3 Å². The highest BCUT2D eigenvalue weighted by atomic mass is 35.5. The van der Waals surface area contributed by atoms with Crippen molar-refractivity contribution in [3.63, 3.8) is 0 Å². The Morgan fingerprint density at radius 3 is 2.76 bits per heavy atom. The highest BCUT2D eigenvalue weighted by Gasteiger charge is 2.13. The van der Waals surface area contributed by atoms with E-state index in [4.69, 9.17) is 11.6 Å². The molecule has 0 atom stereocenters. The Labute approximate surface area is 153 Å². The van der Waals surface area contributed by atoms with Gasteiger partial charge in [0.05, 0.1) is 5.02 Å². The van der Waals surface area contributed by atoms with Crippen LogP contribution in [0.2, 0.25) is 5.02 Å². The molecule has 25 heavy (non-hydrogen) atoms. The van der Waals surface area contributed by atoms with Gasteiger partial charge in [0.25, 0.3) is 0 Å². The van der Waals surface area contributed by atoms with Gasteiger partial charge in [0.15, 0.2) is 6.29 Å². The second kappa shape index (κ2) is 7.41. The molecule has 0 saturated carbocycles. The third-order valence-corrected chi connectivity index (χ3v) is 5.11. The number of nitrogens with one attached hydrogen (secondary N) is 1. The summed E-state index contributed by atoms with van der Waals surface area (Å²) < 4.78 is 0. The van der Waals surface area contributed by atoms with Crippen molar-refractivity contribution in [2.75, 3.05) is 5.32 Å². The largest absolute Gasteiger partial charge is 0.506 e. The molecule has 0 bridgehead atoms. The predicted molar refractivity (Wildman–Crippen MR) is 99.1 cm³/mol. The molecule has 1 heterocycles. The monoisotopic (exact) mass is 377 g/mol. The van der Waals surface area contributed by atoms with Gasteiger partial charge in [0.2, 0.25) is 5.91 Å². The third kappa shape index (κ3) is 3.93. The summed E-state index contributed by atoms with van der Waals surface area (Å²) in [6, 6.07) is 10.5. The van der Waals surface area contributed by atoms with Crippen molar-refractivity contribution in [1.29, 1.82) is 0 Å². The molecule has 0 saturated heterocycles. The molecule has 5 nitrogen and oxygen atoms in total. The molecule has 0 spiro atoms. The number of hydrogen-bond donors (Lipinski definition) is 4. The summed E-state index contributed by atoms with van der Waals surface area (Å²) in [5, 5.41) is 34.9. The molecule has 0 fully saturated rings. The Kier molecular flexibility index (Phi) is 5.24. The number of aromatic hydroxyl groups is 1. The Bertz CT molecular complexity index is 923. The van der Waals surface area contributed by atoms with Crippen LogP contribution in [-0.2, 0) is 11.2 Å². The first kappa shape index (κ1) is 17.7. The van der Waals surface area contributed by atoms with E-state index in [9.17, 15) is 20.1 Å². The maximum atomic E-state index is 12.1. The lowest BCUT2D eigenvalue weighted by Crippen LogP contribution is -2.13. The number of halogens is 1. The van der Waals surface area contributed by atoms with Crippen LogP contribution in [0.15, 0.2) is 41.8 Å². The van der Waals surface area contributed by atoms with E-state index in [1.54, 1.807) is 23.6 Å². The molecule has 1 amide bonds. The van der Waals surface area contributed by atoms with Crippen LogP contribution in [0.25, 0.3) is 10.8 Å². The van der Waals surface area contributed by atoms with Crippen LogP contribution in [-0.4, -0.2) is 21.2 Å². The van der Waals surface area contributed by atoms with Crippen molar-refractivity contribution < 1.29 is 20.1 Å². The van der Waals surface area contributed by atoms with Crippen LogP contribution in [0.3, 0.4) is 0 Å². The minimum absolute atomic E-state index is 0.0408. The lowest BCUT2D eigenvalue weighted by Gasteiger charge is -2.09. The van der Waals surface area contributed by atoms with Crippen LogP contribution in [0.5, 0.6) is 5.75 Å². The third-order valence-electron chi connectivity index (χ3n) is 3.87. The predicted octanol–water partition coefficient (Wildman–Crippen LogP) is 3.81. The van der Waals surface area contributed by atoms with Gasteiger partial charge in [0.1, 0.15) is 10.8 Å². The summed E-state index contributed by atoms with van der Waals surface area (Å²) in [6.07, 6.45) is -0.818. The number of phenolic OH excluding ortho intramolecular Hbond substituents is 1. The Morgan fingerprint density at radius 2 is 2.00 bits per heavy atom. The van der Waals surface area contributed by atoms with E-state index in [0.717, 1.165) is 16.3 Å². The van der Waals surface area contributed by atoms with E-state index >= 15 is 0 Å². The minimum atomic E-state index is -1.61. The highest BCUT2D eigenvalue weighted by Crippen LogP contribution is 2.32. The number of benzene rings is 2. The van der Waals surface area contributed by atoms with E-state index in [2.05, 4.69) is 5.32 Å². The van der Waals surface area contributed by atoms with Gasteiger partial charge in [-0.05, 0) is 34.9 Å². The first-order chi connectivity index (χ1) is 12.0. The zero-order valence-corrected chi connectivity index (χ0v) is 14.6. The van der Waals surface area contributed by atoms with Gasteiger partial charge in [-0.2, -0.15) is 0 Å². The van der Waals surface area contributed by atoms with Crippen molar-refractivity contribution in [2.45, 2.75) is 19.1 Å². The molecule has 7 heteroatoms. The molecule has 1 aromatic heterocycles. The van der Waals surface area contributed by atoms with Crippen LogP contribution in [0.4, 0.5) is 5.00 Å². The molecule has 0 aliphatic rings. The van der Waals surface area contributed by atoms with Crippen LogP contribution in [0.1, 0.15) is 23.8 Å². The van der Waals surface area contributed by atoms with Gasteiger partial charge in [-0.1, -0.05) is 35.9 Å². The lowest BCUT2D eigenvalue weighted by atomic mass is 10.0. The maximum absolute atomic E-state index is 12.1. The number of amides is 1. The first-order valence-electron chi connectivity index (χ1n) is 7.59. The SMILES string of the molecule is O=C(CCc1ccc2c(Cl)c(O)ccc2c1)Nc1sccc1C(O)O. The smallest absolute Gasteiger partial charge is 0.225 e. The van der Waals surface area contributed by atoms with E-state index in [1.807, 2.05) is 18.2 Å². The summed E-state index contributed by atoms with van der Waals surface area (Å²) in [4.78, 5) is 12.1. The average Bonchev–Trinajstić information content (AvgIpc) is 3.04. The van der Waals surface area contributed by atoms with Crippen LogP contribution in [0, 0.1) is 0 Å². The van der Waals surface area contributed by atoms with Crippen molar-refractivity contribution in [2.24, 2.45) is 0 Å². The number of aryl methyl sites for hydroxylation is 1. The topological polar surface area (TPSA) is 89.8 Å². The number of carbonyl (C=O) groups is 1. The maximum Gasteiger partial charge on any atom is 0.225 e. The van der Waals surface area contributed by atoms with Gasteiger partial charge >= 0.3 is 0 Å². The standard InChI is InChI=1S/C18H16ClNO4S/c19-16-12-4-1-10(9-11(12)3-5-14(16)21)2-6-15(22)20-17-13(18(23)24)7-8-25-17/h1,3-5,7-9,18,21,23-24H,2,6H2,(H,20,22). The Hall–Kier alpha value is -2.12. The first-order valence-corrected chi connectivity index (χ1v) is 8.85. The fourth-order valence-corrected chi connectivity index (χ4v) is 3.62. The second-order valence-corrected chi connectivity index (χ2v) is 6.88. The molecule has 130 valence electrons. The fraction of sp³-hybridized carbons (Fsp3) is 0.167. The van der Waals surface area contributed by atoms with E-state index in [0.29, 0.717) is 22.0 Å². The number of rotatable bonds is 5. The number of phenols is 1. The van der Waals surface area contributed by atoms with Crippen molar-refractivity contribution in [3.8, 4) is 5.75 Å². The number of hydrogen-bond acceptors (Lipinski definition) is 5. The summed E-state index contributed by atoms with van der Waals surface area (Å²) in [7, 11) is 0. The summed E-state index contributed by atoms with van der Waals surface area (Å²) >= 11 is 7.31. The molecule has 3 aromatic rings. The van der Waals surface area contributed by atoms with Gasteiger partial charge in [0, 0.05) is 17.4 Å². The normalized spacial score (nSPS) is 11.2. The molecule has 0 unspecified atom stereocenters. The number of anilines is 1. The Morgan fingerprint density at radius 1 is 1.20 bits per heavy atom. The van der Waals surface area contributed by atoms with Gasteiger partial charge < -0.3 is 20.6 Å². The molecule has 3 rings (SSSR count). The van der Waals surface area contributed by atoms with Crippen LogP contribution >= 0.6 is 22.9 Å². The lowest BCUT2D eigenvalue weighted by molar-refractivity contribution is -0.116. The molecule has 2 aromatic carbocycles. The summed E-state index contributed by atoms with van der Waals surface area (Å²) in [5.74, 6) is -0.160. The van der Waals surface area contributed by atoms with Crippen LogP contribution < -0.4 is 5.32 Å². The number of aliphatic hydroxyl groups is 2. The summed E-state index contributed by atoms with van der Waals surface area (Å²) in [6.45, 7) is 0. The second-order valence-electron chi connectivity index (χ2n) is 5.58. The zero-order chi connectivity index (χ0) is 18.0. The molecular weight excluding hydrogens is 362 g/mol. The average molecular weight is 378 g/mol. The molecule has 4 N–H and O–H groups in total. The van der Waals surface area contributed by atoms with E-state index in [-0.39, 0.29) is 18.1 Å². The highest BCUT2D eigenvalue weighted by molar-refractivity contribution is 7.14. The number of thiophene rings is 1. The summed E-state index contributed by atoms with van der Waals surface area (Å²) in [5.41, 5.74) is 1.26. The van der Waals surface area contributed by atoms with Gasteiger partial charge in [-0.25, -0.2) is 0 Å². The molecule has 0 radical (unpaired) electrons. The minimum Gasteiger partial charge on any atom is -0.506 e. The van der Waals surface area contributed by atoms with Crippen molar-refractivity contribution >= 4 is 44.6 Å². The number of carbonyl (C=O) groups excluding carboxylic acids is 1. The molecule has 0 aliphatic heterocycles. The van der Waals surface area contributed by atoms with Crippen molar-refractivity contribution in [3.05, 3.63) is 57.9 Å². The number of aliphatic hydroxyl groups excluding tert-OH is 1. The quantitative estimate of drug-likeness (QED) is 0.509.